The standard InChI is InChI=1S/C14H26N2O2/c1-14(2,3)18-9-13(17)16-7-10-5-4-6-12(15)11(10)8-16/h10-12H,4-9,15H2,1-3H3. The van der Waals surface area contributed by atoms with Crippen LogP contribution in [0.25, 0.3) is 0 Å². The predicted octanol–water partition coefficient (Wildman–Crippen LogP) is 1.39. The van der Waals surface area contributed by atoms with Crippen molar-refractivity contribution in [1.29, 1.82) is 0 Å². The van der Waals surface area contributed by atoms with E-state index in [4.69, 9.17) is 10.5 Å². The molecule has 0 spiro atoms. The number of rotatable bonds is 2. The number of carbonyl (C=O) groups excluding carboxylic acids is 1. The summed E-state index contributed by atoms with van der Waals surface area (Å²) in [5.74, 6) is 1.25. The lowest BCUT2D eigenvalue weighted by Crippen LogP contribution is -2.39. The van der Waals surface area contributed by atoms with Crippen molar-refractivity contribution in [2.45, 2.75) is 51.7 Å². The summed E-state index contributed by atoms with van der Waals surface area (Å²) in [5, 5.41) is 0. The summed E-state index contributed by atoms with van der Waals surface area (Å²) in [7, 11) is 0. The van der Waals surface area contributed by atoms with Crippen molar-refractivity contribution in [2.75, 3.05) is 19.7 Å². The highest BCUT2D eigenvalue weighted by molar-refractivity contribution is 5.77. The summed E-state index contributed by atoms with van der Waals surface area (Å²) in [6.45, 7) is 7.82. The Morgan fingerprint density at radius 2 is 2.06 bits per heavy atom. The normalized spacial score (nSPS) is 32.4. The Kier molecular flexibility index (Phi) is 3.97. The molecule has 0 radical (unpaired) electrons. The Bertz CT molecular complexity index is 311. The van der Waals surface area contributed by atoms with E-state index in [2.05, 4.69) is 0 Å². The number of likely N-dealkylation sites (tertiary alicyclic amines) is 1. The average molecular weight is 254 g/mol. The number of amides is 1. The van der Waals surface area contributed by atoms with Crippen molar-refractivity contribution in [2.24, 2.45) is 17.6 Å². The van der Waals surface area contributed by atoms with Crippen molar-refractivity contribution >= 4 is 5.91 Å². The second-order valence-electron chi connectivity index (χ2n) is 6.72. The molecule has 4 nitrogen and oxygen atoms in total. The third kappa shape index (κ3) is 3.23. The van der Waals surface area contributed by atoms with E-state index in [1.54, 1.807) is 0 Å². The van der Waals surface area contributed by atoms with Crippen LogP contribution in [0.3, 0.4) is 0 Å². The van der Waals surface area contributed by atoms with E-state index < -0.39 is 0 Å². The van der Waals surface area contributed by atoms with Crippen molar-refractivity contribution in [1.82, 2.24) is 4.90 Å². The quantitative estimate of drug-likeness (QED) is 0.810. The smallest absolute Gasteiger partial charge is 0.248 e. The molecule has 2 aliphatic rings. The molecular weight excluding hydrogens is 228 g/mol. The number of hydrogen-bond donors (Lipinski definition) is 1. The number of fused-ring (bicyclic) bond motifs is 1. The third-order valence-electron chi connectivity index (χ3n) is 4.14. The largest absolute Gasteiger partial charge is 0.366 e. The second kappa shape index (κ2) is 5.17. The maximum atomic E-state index is 12.1. The first kappa shape index (κ1) is 13.8. The van der Waals surface area contributed by atoms with E-state index in [1.807, 2.05) is 25.7 Å². The molecule has 1 amide bonds. The highest BCUT2D eigenvalue weighted by atomic mass is 16.5. The predicted molar refractivity (Wildman–Crippen MR) is 71.1 cm³/mol. The summed E-state index contributed by atoms with van der Waals surface area (Å²) in [6.07, 6.45) is 3.55. The van der Waals surface area contributed by atoms with Gasteiger partial charge in [0.25, 0.3) is 0 Å². The fourth-order valence-corrected chi connectivity index (χ4v) is 3.09. The number of hydrogen-bond acceptors (Lipinski definition) is 3. The fourth-order valence-electron chi connectivity index (χ4n) is 3.09. The van der Waals surface area contributed by atoms with Gasteiger partial charge in [-0.25, -0.2) is 0 Å². The first-order chi connectivity index (χ1) is 8.37. The summed E-state index contributed by atoms with van der Waals surface area (Å²) >= 11 is 0. The maximum absolute atomic E-state index is 12.1. The van der Waals surface area contributed by atoms with Gasteiger partial charge in [0.05, 0.1) is 5.60 Å². The van der Waals surface area contributed by atoms with Crippen LogP contribution in [0.15, 0.2) is 0 Å². The molecule has 0 aromatic carbocycles. The van der Waals surface area contributed by atoms with Crippen LogP contribution in [-0.4, -0.2) is 42.1 Å². The highest BCUT2D eigenvalue weighted by Gasteiger charge is 2.40. The Labute approximate surface area is 110 Å². The molecule has 0 aromatic heterocycles. The first-order valence-electron chi connectivity index (χ1n) is 7.04. The summed E-state index contributed by atoms with van der Waals surface area (Å²) in [5.41, 5.74) is 5.90. The van der Waals surface area contributed by atoms with Crippen LogP contribution >= 0.6 is 0 Å². The van der Waals surface area contributed by atoms with Crippen LogP contribution in [-0.2, 0) is 9.53 Å². The van der Waals surface area contributed by atoms with Gasteiger partial charge in [-0.1, -0.05) is 6.42 Å². The molecule has 2 fully saturated rings. The molecule has 1 heterocycles. The van der Waals surface area contributed by atoms with E-state index in [0.29, 0.717) is 11.8 Å². The summed E-state index contributed by atoms with van der Waals surface area (Å²) in [4.78, 5) is 14.1. The molecular formula is C14H26N2O2. The van der Waals surface area contributed by atoms with E-state index in [9.17, 15) is 4.79 Å². The van der Waals surface area contributed by atoms with Crippen LogP contribution in [0.2, 0.25) is 0 Å². The first-order valence-corrected chi connectivity index (χ1v) is 7.04. The topological polar surface area (TPSA) is 55.6 Å². The Balaban J connectivity index is 1.86. The second-order valence-corrected chi connectivity index (χ2v) is 6.72. The number of nitrogens with two attached hydrogens (primary N) is 1. The Hall–Kier alpha value is -0.610. The number of ether oxygens (including phenoxy) is 1. The van der Waals surface area contributed by atoms with Crippen LogP contribution in [0.5, 0.6) is 0 Å². The van der Waals surface area contributed by atoms with Crippen molar-refractivity contribution in [3.05, 3.63) is 0 Å². The fraction of sp³-hybridized carbons (Fsp3) is 0.929. The molecule has 3 unspecified atom stereocenters. The Morgan fingerprint density at radius 1 is 1.33 bits per heavy atom. The maximum Gasteiger partial charge on any atom is 0.248 e. The van der Waals surface area contributed by atoms with Crippen molar-refractivity contribution < 1.29 is 9.53 Å². The monoisotopic (exact) mass is 254 g/mol. The van der Waals surface area contributed by atoms with E-state index in [0.717, 1.165) is 19.5 Å². The molecule has 1 aliphatic heterocycles. The Morgan fingerprint density at radius 3 is 2.67 bits per heavy atom. The van der Waals surface area contributed by atoms with Gasteiger partial charge in [0.2, 0.25) is 5.91 Å². The van der Waals surface area contributed by atoms with Gasteiger partial charge in [-0.15, -0.1) is 0 Å². The molecule has 1 saturated heterocycles. The summed E-state index contributed by atoms with van der Waals surface area (Å²) in [6, 6.07) is 0.282. The van der Waals surface area contributed by atoms with Crippen LogP contribution in [0.1, 0.15) is 40.0 Å². The van der Waals surface area contributed by atoms with Crippen LogP contribution < -0.4 is 5.73 Å². The minimum absolute atomic E-state index is 0.117. The molecule has 0 bridgehead atoms. The highest BCUT2D eigenvalue weighted by Crippen LogP contribution is 2.35. The van der Waals surface area contributed by atoms with Gasteiger partial charge in [-0.3, -0.25) is 4.79 Å². The lowest BCUT2D eigenvalue weighted by molar-refractivity contribution is -0.140. The van der Waals surface area contributed by atoms with E-state index >= 15 is 0 Å². The van der Waals surface area contributed by atoms with Crippen LogP contribution in [0.4, 0.5) is 0 Å². The minimum Gasteiger partial charge on any atom is -0.366 e. The van der Waals surface area contributed by atoms with Crippen LogP contribution in [0, 0.1) is 11.8 Å². The minimum atomic E-state index is -0.251. The SMILES string of the molecule is CC(C)(C)OCC(=O)N1CC2CCCC(N)C2C1. The molecule has 1 aliphatic carbocycles. The third-order valence-corrected chi connectivity index (χ3v) is 4.14. The molecule has 3 atom stereocenters. The van der Waals surface area contributed by atoms with E-state index in [-0.39, 0.29) is 24.2 Å². The zero-order valence-corrected chi connectivity index (χ0v) is 11.8. The molecule has 4 heteroatoms. The van der Waals surface area contributed by atoms with Gasteiger partial charge >= 0.3 is 0 Å². The van der Waals surface area contributed by atoms with Gasteiger partial charge in [0.15, 0.2) is 0 Å². The lowest BCUT2D eigenvalue weighted by atomic mass is 9.78. The number of carbonyl (C=O) groups is 1. The van der Waals surface area contributed by atoms with Gasteiger partial charge in [-0.2, -0.15) is 0 Å². The molecule has 1 saturated carbocycles. The van der Waals surface area contributed by atoms with Gasteiger partial charge in [0.1, 0.15) is 6.61 Å². The van der Waals surface area contributed by atoms with Gasteiger partial charge < -0.3 is 15.4 Å². The molecule has 2 rings (SSSR count). The summed E-state index contributed by atoms with van der Waals surface area (Å²) < 4.78 is 5.56. The average Bonchev–Trinajstić information content (AvgIpc) is 2.70. The molecule has 0 aromatic rings. The molecule has 104 valence electrons. The molecule has 2 N–H and O–H groups in total. The van der Waals surface area contributed by atoms with E-state index in [1.165, 1.54) is 12.8 Å². The molecule has 18 heavy (non-hydrogen) atoms. The van der Waals surface area contributed by atoms with Gasteiger partial charge in [-0.05, 0) is 45.4 Å². The van der Waals surface area contributed by atoms with Crippen molar-refractivity contribution in [3.8, 4) is 0 Å². The lowest BCUT2D eigenvalue weighted by Gasteiger charge is -2.29. The van der Waals surface area contributed by atoms with Crippen molar-refractivity contribution in [3.63, 3.8) is 0 Å². The zero-order valence-electron chi connectivity index (χ0n) is 11.8. The van der Waals surface area contributed by atoms with Gasteiger partial charge in [0, 0.05) is 19.1 Å². The zero-order chi connectivity index (χ0) is 13.3. The number of nitrogens with zero attached hydrogens (tertiary/aromatic N) is 1.